The van der Waals surface area contributed by atoms with Gasteiger partial charge in [-0.15, -0.1) is 10.2 Å². The van der Waals surface area contributed by atoms with Crippen molar-refractivity contribution in [3.8, 4) is 11.4 Å². The van der Waals surface area contributed by atoms with Gasteiger partial charge in [0, 0.05) is 5.02 Å². The van der Waals surface area contributed by atoms with E-state index in [1.165, 1.54) is 11.8 Å². The number of hydrogen-bond acceptors (Lipinski definition) is 5. The van der Waals surface area contributed by atoms with Crippen molar-refractivity contribution < 1.29 is 9.53 Å². The van der Waals surface area contributed by atoms with Crippen LogP contribution in [-0.2, 0) is 0 Å². The Morgan fingerprint density at radius 3 is 2.88 bits per heavy atom. The third-order valence-corrected chi connectivity index (χ3v) is 4.77. The second kappa shape index (κ2) is 7.72. The minimum atomic E-state index is -0.0220. The van der Waals surface area contributed by atoms with E-state index in [9.17, 15) is 4.79 Å². The average Bonchev–Trinajstić information content (AvgIpc) is 3.08. The summed E-state index contributed by atoms with van der Waals surface area (Å²) in [5.74, 6) is 0.790. The largest absolute Gasteiger partial charge is 0.496 e. The Hall–Kier alpha value is -2.31. The molecule has 0 aliphatic carbocycles. The second-order valence-corrected chi connectivity index (χ2v) is 6.76. The van der Waals surface area contributed by atoms with Gasteiger partial charge in [0.2, 0.25) is 0 Å². The number of hydrogen-bond donors (Lipinski definition) is 0. The van der Waals surface area contributed by atoms with Crippen LogP contribution in [0.15, 0.2) is 53.9 Å². The monoisotopic (exact) mass is 373 g/mol. The Bertz CT molecular complexity index is 911. The fourth-order valence-corrected chi connectivity index (χ4v) is 3.37. The number of aromatic nitrogens is 3. The number of rotatable bonds is 6. The fraction of sp³-hybridized carbons (Fsp3) is 0.167. The molecule has 3 aromatic rings. The molecule has 0 N–H and O–H groups in total. The van der Waals surface area contributed by atoms with Crippen molar-refractivity contribution in [2.24, 2.45) is 0 Å². The van der Waals surface area contributed by atoms with E-state index >= 15 is 0 Å². The molecule has 0 amide bonds. The van der Waals surface area contributed by atoms with Gasteiger partial charge in [0.25, 0.3) is 0 Å². The number of halogens is 1. The van der Waals surface area contributed by atoms with E-state index in [1.54, 1.807) is 24.1 Å². The predicted octanol–water partition coefficient (Wildman–Crippen LogP) is 4.21. The minimum Gasteiger partial charge on any atom is -0.496 e. The number of methoxy groups -OCH3 is 1. The minimum absolute atomic E-state index is 0.0220. The van der Waals surface area contributed by atoms with Crippen molar-refractivity contribution in [2.45, 2.75) is 12.1 Å². The molecule has 25 heavy (non-hydrogen) atoms. The maximum absolute atomic E-state index is 12.6. The molecule has 1 heterocycles. The van der Waals surface area contributed by atoms with Gasteiger partial charge in [0.05, 0.1) is 24.1 Å². The quantitative estimate of drug-likeness (QED) is 0.478. The van der Waals surface area contributed by atoms with Crippen LogP contribution in [0.1, 0.15) is 15.9 Å². The lowest BCUT2D eigenvalue weighted by Gasteiger charge is -2.09. The third kappa shape index (κ3) is 4.03. The molecule has 2 aromatic carbocycles. The molecular weight excluding hydrogens is 358 g/mol. The Morgan fingerprint density at radius 2 is 2.12 bits per heavy atom. The molecule has 0 spiro atoms. The van der Waals surface area contributed by atoms with Crippen molar-refractivity contribution >= 4 is 29.1 Å². The van der Waals surface area contributed by atoms with Gasteiger partial charge in [-0.05, 0) is 37.3 Å². The van der Waals surface area contributed by atoms with Crippen molar-refractivity contribution in [1.82, 2.24) is 14.8 Å². The van der Waals surface area contributed by atoms with Crippen LogP contribution < -0.4 is 4.74 Å². The van der Waals surface area contributed by atoms with E-state index in [-0.39, 0.29) is 11.5 Å². The van der Waals surface area contributed by atoms with Gasteiger partial charge in [0.15, 0.2) is 10.9 Å². The van der Waals surface area contributed by atoms with Gasteiger partial charge < -0.3 is 4.74 Å². The summed E-state index contributed by atoms with van der Waals surface area (Å²) >= 11 is 7.36. The SMILES string of the molecule is COc1ccc(C)cc1C(=O)CSc1nncn1-c1cccc(Cl)c1. The highest BCUT2D eigenvalue weighted by Gasteiger charge is 2.15. The molecule has 0 unspecified atom stereocenters. The number of carbonyl (C=O) groups excluding carboxylic acids is 1. The van der Waals surface area contributed by atoms with Crippen molar-refractivity contribution in [2.75, 3.05) is 12.9 Å². The lowest BCUT2D eigenvalue weighted by molar-refractivity contribution is 0.101. The Kier molecular flexibility index (Phi) is 5.40. The predicted molar refractivity (Wildman–Crippen MR) is 99.2 cm³/mol. The first-order valence-electron chi connectivity index (χ1n) is 7.55. The smallest absolute Gasteiger partial charge is 0.196 e. The molecule has 0 aliphatic rings. The molecule has 3 rings (SSSR count). The maximum atomic E-state index is 12.6. The summed E-state index contributed by atoms with van der Waals surface area (Å²) in [6.45, 7) is 1.94. The lowest BCUT2D eigenvalue weighted by atomic mass is 10.1. The molecule has 0 aliphatic heterocycles. The molecule has 7 heteroatoms. The van der Waals surface area contributed by atoms with E-state index in [4.69, 9.17) is 16.3 Å². The van der Waals surface area contributed by atoms with E-state index in [0.29, 0.717) is 21.5 Å². The molecule has 5 nitrogen and oxygen atoms in total. The van der Waals surface area contributed by atoms with Crippen molar-refractivity contribution in [1.29, 1.82) is 0 Å². The molecule has 1 aromatic heterocycles. The number of ketones is 1. The summed E-state index contributed by atoms with van der Waals surface area (Å²) in [7, 11) is 1.56. The summed E-state index contributed by atoms with van der Waals surface area (Å²) in [5, 5.41) is 9.29. The molecule has 0 atom stereocenters. The molecular formula is C18H16ClN3O2S. The summed E-state index contributed by atoms with van der Waals surface area (Å²) in [5.41, 5.74) is 2.43. The van der Waals surface area contributed by atoms with Crippen LogP contribution in [0, 0.1) is 6.92 Å². The topological polar surface area (TPSA) is 57.0 Å². The molecule has 0 saturated carbocycles. The summed E-state index contributed by atoms with van der Waals surface area (Å²) < 4.78 is 7.09. The summed E-state index contributed by atoms with van der Waals surface area (Å²) in [6.07, 6.45) is 1.60. The van der Waals surface area contributed by atoms with E-state index < -0.39 is 0 Å². The normalized spacial score (nSPS) is 10.7. The number of ether oxygens (including phenoxy) is 1. The van der Waals surface area contributed by atoms with Gasteiger partial charge >= 0.3 is 0 Å². The van der Waals surface area contributed by atoms with Gasteiger partial charge in [-0.1, -0.05) is 41.1 Å². The van der Waals surface area contributed by atoms with Gasteiger partial charge in [-0.25, -0.2) is 0 Å². The number of carbonyl (C=O) groups is 1. The molecule has 128 valence electrons. The van der Waals surface area contributed by atoms with E-state index in [1.807, 2.05) is 43.3 Å². The lowest BCUT2D eigenvalue weighted by Crippen LogP contribution is -2.06. The van der Waals surface area contributed by atoms with Crippen LogP contribution in [0.3, 0.4) is 0 Å². The first-order chi connectivity index (χ1) is 12.1. The number of aryl methyl sites for hydroxylation is 1. The zero-order valence-corrected chi connectivity index (χ0v) is 15.3. The van der Waals surface area contributed by atoms with Crippen molar-refractivity contribution in [3.63, 3.8) is 0 Å². The number of thioether (sulfide) groups is 1. The molecule has 0 saturated heterocycles. The van der Waals surface area contributed by atoms with E-state index in [0.717, 1.165) is 11.3 Å². The van der Waals surface area contributed by atoms with E-state index in [2.05, 4.69) is 10.2 Å². The third-order valence-electron chi connectivity index (χ3n) is 3.59. The molecule has 0 fully saturated rings. The summed E-state index contributed by atoms with van der Waals surface area (Å²) in [4.78, 5) is 12.6. The Balaban J connectivity index is 1.78. The maximum Gasteiger partial charge on any atom is 0.196 e. The van der Waals surface area contributed by atoms with Crippen LogP contribution in [0.2, 0.25) is 5.02 Å². The zero-order valence-electron chi connectivity index (χ0n) is 13.8. The van der Waals surface area contributed by atoms with Gasteiger partial charge in [-0.3, -0.25) is 9.36 Å². The fourth-order valence-electron chi connectivity index (χ4n) is 2.37. The van der Waals surface area contributed by atoms with Gasteiger partial charge in [-0.2, -0.15) is 0 Å². The Labute approximate surface area is 155 Å². The van der Waals surface area contributed by atoms with Crippen LogP contribution in [0.5, 0.6) is 5.75 Å². The number of Topliss-reactive ketones (excluding diaryl/α,β-unsaturated/α-hetero) is 1. The number of benzene rings is 2. The molecule has 0 bridgehead atoms. The summed E-state index contributed by atoms with van der Waals surface area (Å²) in [6, 6.07) is 12.9. The highest BCUT2D eigenvalue weighted by atomic mass is 35.5. The Morgan fingerprint density at radius 1 is 1.28 bits per heavy atom. The second-order valence-electron chi connectivity index (χ2n) is 5.38. The van der Waals surface area contributed by atoms with Crippen LogP contribution in [0.25, 0.3) is 5.69 Å². The first kappa shape index (κ1) is 17.5. The van der Waals surface area contributed by atoms with Crippen LogP contribution in [-0.4, -0.2) is 33.4 Å². The van der Waals surface area contributed by atoms with Crippen LogP contribution in [0.4, 0.5) is 0 Å². The van der Waals surface area contributed by atoms with Crippen LogP contribution >= 0.6 is 23.4 Å². The highest BCUT2D eigenvalue weighted by Crippen LogP contribution is 2.25. The highest BCUT2D eigenvalue weighted by molar-refractivity contribution is 7.99. The molecule has 0 radical (unpaired) electrons. The average molecular weight is 374 g/mol. The standard InChI is InChI=1S/C18H16ClN3O2S/c1-12-6-7-17(24-2)15(8-12)16(23)10-25-18-21-20-11-22(18)14-5-3-4-13(19)9-14/h3-9,11H,10H2,1-2H3. The zero-order chi connectivity index (χ0) is 17.8. The van der Waals surface area contributed by atoms with Gasteiger partial charge in [0.1, 0.15) is 12.1 Å². The van der Waals surface area contributed by atoms with Crippen molar-refractivity contribution in [3.05, 3.63) is 64.9 Å². The first-order valence-corrected chi connectivity index (χ1v) is 8.91. The number of nitrogens with zero attached hydrogens (tertiary/aromatic N) is 3.